The summed E-state index contributed by atoms with van der Waals surface area (Å²) in [5, 5.41) is 3.33. The Hall–Kier alpha value is -2.38. The Labute approximate surface area is 181 Å². The Morgan fingerprint density at radius 3 is 2.76 bits per heavy atom. The average molecular weight is 545 g/mol. The van der Waals surface area contributed by atoms with E-state index in [2.05, 4.69) is 14.7 Å². The third-order valence-corrected chi connectivity index (χ3v) is 6.90. The lowest BCUT2D eigenvalue weighted by Gasteiger charge is -2.11. The number of nitrogens with one attached hydrogen (secondary N) is 2. The fourth-order valence-corrected chi connectivity index (χ4v) is 5.29. The molecule has 3 heterocycles. The molecule has 4 aromatic rings. The van der Waals surface area contributed by atoms with Gasteiger partial charge < -0.3 is 4.98 Å². The number of hydrogen-bond acceptors (Lipinski definition) is 5. The molecule has 0 unspecified atom stereocenters. The summed E-state index contributed by atoms with van der Waals surface area (Å²) >= 11 is 3.16. The van der Waals surface area contributed by atoms with Gasteiger partial charge in [0.25, 0.3) is 10.0 Å². The summed E-state index contributed by atoms with van der Waals surface area (Å²) < 4.78 is 56.9. The second-order valence-electron chi connectivity index (χ2n) is 5.93. The maximum Gasteiger partial charge on any atom is 0.262 e. The number of nitrogens with zero attached hydrogens (tertiary/aromatic N) is 1. The summed E-state index contributed by atoms with van der Waals surface area (Å²) in [6.07, 6.45) is 2.89. The SMILES string of the molecule is O=C(c1c(F)ccc(NS(=O)(=O)c2ccsc2)c1F)c1c[nH]c2ncc(I)cc12. The number of hydrogen-bond donors (Lipinski definition) is 2. The third kappa shape index (κ3) is 3.65. The summed E-state index contributed by atoms with van der Waals surface area (Å²) in [5.74, 6) is -3.31. The van der Waals surface area contributed by atoms with Crippen LogP contribution in [0.2, 0.25) is 0 Å². The van der Waals surface area contributed by atoms with E-state index in [0.717, 1.165) is 27.0 Å². The van der Waals surface area contributed by atoms with E-state index in [1.54, 1.807) is 17.6 Å². The Kier molecular flexibility index (Phi) is 5.12. The first kappa shape index (κ1) is 19.9. The van der Waals surface area contributed by atoms with E-state index in [9.17, 15) is 17.6 Å². The molecule has 0 amide bonds. The van der Waals surface area contributed by atoms with Crippen molar-refractivity contribution in [2.24, 2.45) is 0 Å². The van der Waals surface area contributed by atoms with E-state index in [1.165, 1.54) is 17.6 Å². The summed E-state index contributed by atoms with van der Waals surface area (Å²) in [6.45, 7) is 0. The van der Waals surface area contributed by atoms with Crippen LogP contribution in [0, 0.1) is 15.2 Å². The number of sulfonamides is 1. The summed E-state index contributed by atoms with van der Waals surface area (Å²) in [6, 6.07) is 4.79. The molecule has 0 radical (unpaired) electrons. The largest absolute Gasteiger partial charge is 0.345 e. The number of ketones is 1. The van der Waals surface area contributed by atoms with E-state index in [0.29, 0.717) is 11.0 Å². The van der Waals surface area contributed by atoms with E-state index in [-0.39, 0.29) is 10.5 Å². The predicted octanol–water partition coefficient (Wildman–Crippen LogP) is 4.54. The first-order valence-corrected chi connectivity index (χ1v) is 11.5. The molecule has 0 fully saturated rings. The molecule has 11 heteroatoms. The van der Waals surface area contributed by atoms with Gasteiger partial charge in [-0.15, -0.1) is 0 Å². The normalized spacial score (nSPS) is 11.7. The van der Waals surface area contributed by atoms with E-state index in [1.807, 2.05) is 22.6 Å². The molecule has 0 spiro atoms. The highest BCUT2D eigenvalue weighted by Crippen LogP contribution is 2.29. The highest BCUT2D eigenvalue weighted by Gasteiger charge is 2.26. The monoisotopic (exact) mass is 545 g/mol. The molecule has 1 aromatic carbocycles. The van der Waals surface area contributed by atoms with Crippen molar-refractivity contribution in [2.45, 2.75) is 4.90 Å². The van der Waals surface area contributed by atoms with Crippen molar-refractivity contribution in [1.82, 2.24) is 9.97 Å². The minimum atomic E-state index is -4.07. The Bertz CT molecular complexity index is 1350. The van der Waals surface area contributed by atoms with Crippen LogP contribution in [0.3, 0.4) is 0 Å². The number of pyridine rings is 1. The molecule has 2 N–H and O–H groups in total. The summed E-state index contributed by atoms with van der Waals surface area (Å²) in [5.41, 5.74) is -0.950. The number of benzene rings is 1. The topological polar surface area (TPSA) is 91.9 Å². The van der Waals surface area contributed by atoms with Crippen molar-refractivity contribution in [3.63, 3.8) is 0 Å². The van der Waals surface area contributed by atoms with E-state index < -0.39 is 38.7 Å². The van der Waals surface area contributed by atoms with Crippen LogP contribution < -0.4 is 4.72 Å². The van der Waals surface area contributed by atoms with Gasteiger partial charge in [0.05, 0.1) is 16.1 Å². The van der Waals surface area contributed by atoms with Gasteiger partial charge in [0.1, 0.15) is 11.5 Å². The van der Waals surface area contributed by atoms with Gasteiger partial charge in [-0.1, -0.05) is 0 Å². The van der Waals surface area contributed by atoms with Gasteiger partial charge in [-0.2, -0.15) is 11.3 Å². The highest BCUT2D eigenvalue weighted by atomic mass is 127. The maximum atomic E-state index is 15.0. The number of H-pyrrole nitrogens is 1. The Balaban J connectivity index is 1.79. The fraction of sp³-hybridized carbons (Fsp3) is 0. The van der Waals surface area contributed by atoms with Crippen LogP contribution in [0.25, 0.3) is 11.0 Å². The molecular formula is C18H10F2IN3O3S2. The highest BCUT2D eigenvalue weighted by molar-refractivity contribution is 14.1. The zero-order chi connectivity index (χ0) is 20.8. The van der Waals surface area contributed by atoms with Gasteiger partial charge in [-0.25, -0.2) is 22.2 Å². The van der Waals surface area contributed by atoms with Gasteiger partial charge in [-0.3, -0.25) is 9.52 Å². The zero-order valence-electron chi connectivity index (χ0n) is 14.2. The van der Waals surface area contributed by atoms with Crippen molar-refractivity contribution < 1.29 is 22.0 Å². The summed E-state index contributed by atoms with van der Waals surface area (Å²) in [7, 11) is -4.07. The van der Waals surface area contributed by atoms with Gasteiger partial charge in [0.2, 0.25) is 5.78 Å². The Morgan fingerprint density at radius 2 is 2.03 bits per heavy atom. The van der Waals surface area contributed by atoms with Crippen molar-refractivity contribution in [1.29, 1.82) is 0 Å². The zero-order valence-corrected chi connectivity index (χ0v) is 18.0. The van der Waals surface area contributed by atoms with Crippen molar-refractivity contribution in [2.75, 3.05) is 4.72 Å². The molecule has 0 aliphatic carbocycles. The Morgan fingerprint density at radius 1 is 1.24 bits per heavy atom. The number of aromatic amines is 1. The number of thiophene rings is 1. The predicted molar refractivity (Wildman–Crippen MR) is 114 cm³/mol. The standard InChI is InChI=1S/C18H10F2IN3O3S2/c19-13-1-2-14(24-29(26,27)10-3-4-28-8-10)16(20)15(13)17(25)12-7-23-18-11(12)5-9(21)6-22-18/h1-8,24H,(H,22,23). The molecule has 0 atom stereocenters. The second kappa shape index (κ2) is 7.46. The fourth-order valence-electron chi connectivity index (χ4n) is 2.75. The molecule has 0 saturated carbocycles. The maximum absolute atomic E-state index is 15.0. The molecule has 0 bridgehead atoms. The number of aromatic nitrogens is 2. The number of carbonyl (C=O) groups excluding carboxylic acids is 1. The molecule has 29 heavy (non-hydrogen) atoms. The lowest BCUT2D eigenvalue weighted by atomic mass is 10.0. The van der Waals surface area contributed by atoms with Crippen molar-refractivity contribution in [3.8, 4) is 0 Å². The number of rotatable bonds is 5. The second-order valence-corrected chi connectivity index (χ2v) is 9.64. The quantitative estimate of drug-likeness (QED) is 0.285. The number of anilines is 1. The molecule has 6 nitrogen and oxygen atoms in total. The number of fused-ring (bicyclic) bond motifs is 1. The van der Waals surface area contributed by atoms with Crippen LogP contribution in [0.5, 0.6) is 0 Å². The van der Waals surface area contributed by atoms with Crippen LogP contribution in [-0.4, -0.2) is 24.2 Å². The van der Waals surface area contributed by atoms with Crippen molar-refractivity contribution >= 4 is 66.5 Å². The average Bonchev–Trinajstić information content (AvgIpc) is 3.34. The summed E-state index contributed by atoms with van der Waals surface area (Å²) in [4.78, 5) is 19.8. The lowest BCUT2D eigenvalue weighted by Crippen LogP contribution is -2.16. The van der Waals surface area contributed by atoms with Crippen LogP contribution in [0.1, 0.15) is 15.9 Å². The first-order chi connectivity index (χ1) is 13.8. The van der Waals surface area contributed by atoms with Crippen LogP contribution in [-0.2, 0) is 10.0 Å². The minimum Gasteiger partial charge on any atom is -0.345 e. The molecule has 0 aliphatic heterocycles. The molecule has 4 rings (SSSR count). The molecular weight excluding hydrogens is 535 g/mol. The van der Waals surface area contributed by atoms with Gasteiger partial charge >= 0.3 is 0 Å². The smallest absolute Gasteiger partial charge is 0.262 e. The number of halogens is 3. The van der Waals surface area contributed by atoms with Gasteiger partial charge in [0.15, 0.2) is 5.82 Å². The van der Waals surface area contributed by atoms with Gasteiger partial charge in [0, 0.05) is 32.3 Å². The van der Waals surface area contributed by atoms with Gasteiger partial charge in [-0.05, 0) is 52.2 Å². The molecule has 3 aromatic heterocycles. The van der Waals surface area contributed by atoms with Crippen LogP contribution in [0.15, 0.2) is 52.3 Å². The minimum absolute atomic E-state index is 0.0293. The first-order valence-electron chi connectivity index (χ1n) is 7.98. The van der Waals surface area contributed by atoms with E-state index in [4.69, 9.17) is 0 Å². The van der Waals surface area contributed by atoms with Crippen LogP contribution in [0.4, 0.5) is 14.5 Å². The molecule has 0 aliphatic rings. The molecule has 0 saturated heterocycles. The van der Waals surface area contributed by atoms with Crippen molar-refractivity contribution in [3.05, 3.63) is 73.8 Å². The lowest BCUT2D eigenvalue weighted by molar-refractivity contribution is 0.103. The van der Waals surface area contributed by atoms with E-state index >= 15 is 4.39 Å². The third-order valence-electron chi connectivity index (χ3n) is 4.11. The van der Waals surface area contributed by atoms with Crippen LogP contribution >= 0.6 is 33.9 Å². The molecule has 148 valence electrons. The number of carbonyl (C=O) groups is 1.